The molecule has 0 aliphatic heterocycles. The van der Waals surface area contributed by atoms with Gasteiger partial charge >= 0.3 is 5.97 Å². The molecule has 2 aromatic carbocycles. The summed E-state index contributed by atoms with van der Waals surface area (Å²) in [4.78, 5) is 70.8. The first-order valence-corrected chi connectivity index (χ1v) is 18.7. The molecular weight excluding hydrogens is 694 g/mol. The number of phenols is 2. The number of aromatic hydroxyl groups is 2. The van der Waals surface area contributed by atoms with E-state index in [1.165, 1.54) is 48.2 Å². The number of carbonyl (C=O) groups excluding carboxylic acids is 4. The highest BCUT2D eigenvalue weighted by molar-refractivity contribution is 5.95. The minimum atomic E-state index is -1.41. The van der Waals surface area contributed by atoms with Gasteiger partial charge in [0.05, 0.1) is 0 Å². The third kappa shape index (κ3) is 13.0. The number of hydrogen-bond acceptors (Lipinski definition) is 9. The van der Waals surface area contributed by atoms with Crippen molar-refractivity contribution in [3.63, 3.8) is 0 Å². The first-order valence-electron chi connectivity index (χ1n) is 18.7. The second kappa shape index (κ2) is 21.9. The minimum absolute atomic E-state index is 0.00159. The number of likely N-dealkylation sites (N-methyl/N-ethyl adjacent to an activating group) is 3. The maximum Gasteiger partial charge on any atom is 0.326 e. The fourth-order valence-corrected chi connectivity index (χ4v) is 6.34. The molecule has 0 aromatic heterocycles. The summed E-state index contributed by atoms with van der Waals surface area (Å²) in [5.74, 6) is -4.71. The van der Waals surface area contributed by atoms with Crippen LogP contribution >= 0.6 is 0 Å². The van der Waals surface area contributed by atoms with Crippen LogP contribution in [0.3, 0.4) is 0 Å². The molecule has 0 aliphatic rings. The molecule has 0 radical (unpaired) electrons. The number of carboxylic acids is 1. The molecule has 14 nitrogen and oxygen atoms in total. The fraction of sp³-hybridized carbons (Fsp3) is 0.575. The molecule has 2 unspecified atom stereocenters. The molecule has 2 rings (SSSR count). The zero-order valence-corrected chi connectivity index (χ0v) is 32.9. The number of aliphatic hydroxyl groups excluding tert-OH is 1. The van der Waals surface area contributed by atoms with Gasteiger partial charge in [0.15, 0.2) is 0 Å². The number of unbranched alkanes of at least 4 members (excludes halogenated alkanes) is 2. The SMILES string of the molecule is CCCCCC(NC)C(O)C(=O)N[C@H](C(=O)N(C)[C@H](C(=O)N(C)[C@@H](Cc1ccc(O)cc1)C(=O)N[C@@H](Cc1ccc(O)cc1)C(=O)O)[C@@H](C)CC)C(C)C. The van der Waals surface area contributed by atoms with Gasteiger partial charge < -0.3 is 46.2 Å². The summed E-state index contributed by atoms with van der Waals surface area (Å²) in [7, 11) is 4.56. The fourth-order valence-electron chi connectivity index (χ4n) is 6.34. The van der Waals surface area contributed by atoms with Gasteiger partial charge in [0, 0.05) is 33.0 Å². The Morgan fingerprint density at radius 1 is 0.741 bits per heavy atom. The molecule has 0 aliphatic carbocycles. The minimum Gasteiger partial charge on any atom is -0.508 e. The van der Waals surface area contributed by atoms with Crippen molar-refractivity contribution < 1.29 is 44.4 Å². The number of benzene rings is 2. The smallest absolute Gasteiger partial charge is 0.326 e. The number of phenolic OH excluding ortho intramolecular Hbond substituents is 2. The number of nitrogens with one attached hydrogen (secondary N) is 3. The quantitative estimate of drug-likeness (QED) is 0.0875. The van der Waals surface area contributed by atoms with E-state index >= 15 is 0 Å². The van der Waals surface area contributed by atoms with Gasteiger partial charge in [-0.3, -0.25) is 19.2 Å². The first-order chi connectivity index (χ1) is 25.5. The molecule has 14 heteroatoms. The highest BCUT2D eigenvalue weighted by atomic mass is 16.4. The normalized spacial score (nSPS) is 15.2. The van der Waals surface area contributed by atoms with Crippen molar-refractivity contribution in [2.75, 3.05) is 21.1 Å². The van der Waals surface area contributed by atoms with E-state index in [1.54, 1.807) is 52.1 Å². The van der Waals surface area contributed by atoms with E-state index in [-0.39, 0.29) is 24.3 Å². The summed E-state index contributed by atoms with van der Waals surface area (Å²) in [5, 5.41) is 48.7. The van der Waals surface area contributed by atoms with Crippen LogP contribution < -0.4 is 16.0 Å². The van der Waals surface area contributed by atoms with Crippen LogP contribution in [0.4, 0.5) is 0 Å². The molecule has 0 saturated carbocycles. The van der Waals surface area contributed by atoms with Crippen molar-refractivity contribution in [1.29, 1.82) is 0 Å². The number of carboxylic acid groups (broad SMARTS) is 1. The van der Waals surface area contributed by atoms with Gasteiger partial charge in [-0.1, -0.05) is 84.6 Å². The molecule has 0 bridgehead atoms. The lowest BCUT2D eigenvalue weighted by Crippen LogP contribution is -2.61. The third-order valence-electron chi connectivity index (χ3n) is 10.0. The van der Waals surface area contributed by atoms with Crippen molar-refractivity contribution in [2.45, 2.75) is 116 Å². The Bertz CT molecular complexity index is 1520. The molecular formula is C40H61N5O9. The van der Waals surface area contributed by atoms with E-state index in [1.807, 2.05) is 6.92 Å². The third-order valence-corrected chi connectivity index (χ3v) is 10.0. The number of amides is 4. The van der Waals surface area contributed by atoms with E-state index < -0.39 is 77.7 Å². The molecule has 2 aromatic rings. The van der Waals surface area contributed by atoms with Crippen LogP contribution in [-0.4, -0.2) is 117 Å². The molecule has 300 valence electrons. The molecule has 0 spiro atoms. The Labute approximate surface area is 319 Å². The summed E-state index contributed by atoms with van der Waals surface area (Å²) in [6, 6.07) is 6.68. The van der Waals surface area contributed by atoms with E-state index in [0.717, 1.165) is 19.3 Å². The van der Waals surface area contributed by atoms with Crippen LogP contribution in [0, 0.1) is 11.8 Å². The lowest BCUT2D eigenvalue weighted by atomic mass is 9.93. The maximum atomic E-state index is 14.5. The lowest BCUT2D eigenvalue weighted by Gasteiger charge is -2.39. The molecule has 54 heavy (non-hydrogen) atoms. The van der Waals surface area contributed by atoms with E-state index in [0.29, 0.717) is 24.0 Å². The largest absolute Gasteiger partial charge is 0.508 e. The highest BCUT2D eigenvalue weighted by Crippen LogP contribution is 2.22. The number of hydrogen-bond donors (Lipinski definition) is 7. The average molecular weight is 756 g/mol. The molecule has 7 atom stereocenters. The van der Waals surface area contributed by atoms with Crippen LogP contribution in [0.5, 0.6) is 11.5 Å². The van der Waals surface area contributed by atoms with Gasteiger partial charge in [-0.05, 0) is 60.7 Å². The monoisotopic (exact) mass is 755 g/mol. The van der Waals surface area contributed by atoms with Crippen LogP contribution in [0.1, 0.15) is 77.8 Å². The number of rotatable bonds is 22. The van der Waals surface area contributed by atoms with E-state index in [4.69, 9.17) is 0 Å². The average Bonchev–Trinajstić information content (AvgIpc) is 3.14. The van der Waals surface area contributed by atoms with Crippen molar-refractivity contribution in [1.82, 2.24) is 25.8 Å². The van der Waals surface area contributed by atoms with Crippen LogP contribution in [0.25, 0.3) is 0 Å². The second-order valence-corrected chi connectivity index (χ2v) is 14.5. The van der Waals surface area contributed by atoms with E-state index in [2.05, 4.69) is 22.9 Å². The zero-order valence-electron chi connectivity index (χ0n) is 32.9. The van der Waals surface area contributed by atoms with Gasteiger partial charge in [-0.2, -0.15) is 0 Å². The Kier molecular flexibility index (Phi) is 18.4. The Balaban J connectivity index is 2.44. The summed E-state index contributed by atoms with van der Waals surface area (Å²) in [6.07, 6.45) is 2.23. The standard InChI is InChI=1S/C40H61N5O9/c1-9-11-12-13-30(41-6)35(48)37(50)43-33(24(3)4)38(51)45(8)34(25(5)10-2)39(52)44(7)32(23-27-16-20-29(47)21-17-27)36(49)42-31(40(53)54)22-26-14-18-28(46)19-15-26/h14-21,24-25,30-35,41,46-48H,9-13,22-23H2,1-8H3,(H,42,49)(H,43,50)(H,53,54)/t25-,30?,31-,32-,33-,34-,35?/m0/s1. The number of aliphatic hydroxyl groups is 1. The second-order valence-electron chi connectivity index (χ2n) is 14.5. The molecule has 0 saturated heterocycles. The summed E-state index contributed by atoms with van der Waals surface area (Å²) in [5.41, 5.74) is 1.13. The Morgan fingerprint density at radius 3 is 1.74 bits per heavy atom. The highest BCUT2D eigenvalue weighted by Gasteiger charge is 2.41. The van der Waals surface area contributed by atoms with Crippen molar-refractivity contribution in [3.8, 4) is 11.5 Å². The van der Waals surface area contributed by atoms with Gasteiger partial charge in [0.25, 0.3) is 5.91 Å². The van der Waals surface area contributed by atoms with Crippen LogP contribution in [0.2, 0.25) is 0 Å². The van der Waals surface area contributed by atoms with E-state index in [9.17, 15) is 44.4 Å². The van der Waals surface area contributed by atoms with Crippen molar-refractivity contribution >= 4 is 29.6 Å². The van der Waals surface area contributed by atoms with Gasteiger partial charge in [0.2, 0.25) is 17.7 Å². The van der Waals surface area contributed by atoms with Crippen LogP contribution in [0.15, 0.2) is 48.5 Å². The first kappa shape index (κ1) is 45.5. The topological polar surface area (TPSA) is 209 Å². The van der Waals surface area contributed by atoms with Gasteiger partial charge in [0.1, 0.15) is 41.8 Å². The maximum absolute atomic E-state index is 14.5. The van der Waals surface area contributed by atoms with Crippen molar-refractivity contribution in [2.24, 2.45) is 11.8 Å². The zero-order chi connectivity index (χ0) is 40.7. The van der Waals surface area contributed by atoms with Gasteiger partial charge in [-0.15, -0.1) is 0 Å². The Morgan fingerprint density at radius 2 is 1.28 bits per heavy atom. The molecule has 0 heterocycles. The summed E-state index contributed by atoms with van der Waals surface area (Å²) in [6.45, 7) is 9.22. The summed E-state index contributed by atoms with van der Waals surface area (Å²) < 4.78 is 0. The van der Waals surface area contributed by atoms with Crippen molar-refractivity contribution in [3.05, 3.63) is 59.7 Å². The molecule has 7 N–H and O–H groups in total. The molecule has 0 fully saturated rings. The lowest BCUT2D eigenvalue weighted by molar-refractivity contribution is -0.152. The number of carbonyl (C=O) groups is 5. The van der Waals surface area contributed by atoms with Gasteiger partial charge in [-0.25, -0.2) is 4.79 Å². The Hall–Kier alpha value is -4.69. The number of aliphatic carboxylic acids is 1. The summed E-state index contributed by atoms with van der Waals surface area (Å²) >= 11 is 0. The number of nitrogens with zero attached hydrogens (tertiary/aromatic N) is 2. The van der Waals surface area contributed by atoms with Crippen LogP contribution in [-0.2, 0) is 36.8 Å². The predicted molar refractivity (Wildman–Crippen MR) is 206 cm³/mol. The predicted octanol–water partition coefficient (Wildman–Crippen LogP) is 2.82. The molecule has 4 amide bonds.